The normalized spacial score (nSPS) is 25.6. The SMILES string of the molecule is CCC(C)c1nc(N2CCC(C)CC2C)sc1CN. The van der Waals surface area contributed by atoms with Crippen molar-refractivity contribution in [3.8, 4) is 0 Å². The minimum Gasteiger partial charge on any atom is -0.345 e. The zero-order valence-electron chi connectivity index (χ0n) is 12.6. The van der Waals surface area contributed by atoms with Crippen LogP contribution >= 0.6 is 11.3 Å². The van der Waals surface area contributed by atoms with Crippen molar-refractivity contribution >= 4 is 16.5 Å². The van der Waals surface area contributed by atoms with E-state index in [9.17, 15) is 0 Å². The number of hydrogen-bond acceptors (Lipinski definition) is 4. The van der Waals surface area contributed by atoms with E-state index in [0.29, 0.717) is 18.5 Å². The Labute approximate surface area is 121 Å². The van der Waals surface area contributed by atoms with E-state index in [4.69, 9.17) is 10.7 Å². The molecule has 4 heteroatoms. The number of rotatable bonds is 4. The second kappa shape index (κ2) is 6.23. The Balaban J connectivity index is 2.23. The molecule has 2 N–H and O–H groups in total. The van der Waals surface area contributed by atoms with E-state index < -0.39 is 0 Å². The van der Waals surface area contributed by atoms with E-state index in [1.807, 2.05) is 0 Å². The van der Waals surface area contributed by atoms with E-state index in [2.05, 4.69) is 32.6 Å². The molecule has 0 radical (unpaired) electrons. The van der Waals surface area contributed by atoms with Gasteiger partial charge < -0.3 is 10.6 Å². The summed E-state index contributed by atoms with van der Waals surface area (Å²) in [5, 5.41) is 1.19. The van der Waals surface area contributed by atoms with Crippen molar-refractivity contribution in [1.82, 2.24) is 4.98 Å². The molecule has 0 aliphatic carbocycles. The van der Waals surface area contributed by atoms with Gasteiger partial charge in [-0.2, -0.15) is 0 Å². The van der Waals surface area contributed by atoms with Crippen LogP contribution in [-0.4, -0.2) is 17.6 Å². The molecule has 0 amide bonds. The smallest absolute Gasteiger partial charge is 0.186 e. The molecule has 0 spiro atoms. The Morgan fingerprint density at radius 2 is 2.21 bits per heavy atom. The second-order valence-corrected chi connectivity index (χ2v) is 7.05. The van der Waals surface area contributed by atoms with Crippen LogP contribution in [0.2, 0.25) is 0 Å². The van der Waals surface area contributed by atoms with Crippen LogP contribution in [0.4, 0.5) is 5.13 Å². The number of anilines is 1. The van der Waals surface area contributed by atoms with Gasteiger partial charge in [0.1, 0.15) is 0 Å². The fourth-order valence-corrected chi connectivity index (χ4v) is 4.08. The Morgan fingerprint density at radius 3 is 2.79 bits per heavy atom. The lowest BCUT2D eigenvalue weighted by Crippen LogP contribution is -2.40. The summed E-state index contributed by atoms with van der Waals surface area (Å²) in [6.07, 6.45) is 3.68. The highest BCUT2D eigenvalue weighted by Gasteiger charge is 2.26. The van der Waals surface area contributed by atoms with Crippen molar-refractivity contribution in [3.05, 3.63) is 10.6 Å². The summed E-state index contributed by atoms with van der Waals surface area (Å²) in [5.41, 5.74) is 7.13. The molecule has 3 unspecified atom stereocenters. The summed E-state index contributed by atoms with van der Waals surface area (Å²) in [6, 6.07) is 0.602. The molecular formula is C15H27N3S. The maximum atomic E-state index is 5.89. The van der Waals surface area contributed by atoms with Gasteiger partial charge in [-0.05, 0) is 38.0 Å². The maximum Gasteiger partial charge on any atom is 0.186 e. The molecule has 1 aliphatic heterocycles. The first-order valence-electron chi connectivity index (χ1n) is 7.53. The molecule has 1 aromatic rings. The molecule has 1 aromatic heterocycles. The maximum absolute atomic E-state index is 5.89. The fraction of sp³-hybridized carbons (Fsp3) is 0.800. The van der Waals surface area contributed by atoms with E-state index in [0.717, 1.165) is 18.9 Å². The Kier molecular flexibility index (Phi) is 4.85. The minimum atomic E-state index is 0.516. The van der Waals surface area contributed by atoms with Gasteiger partial charge in [0.25, 0.3) is 0 Å². The van der Waals surface area contributed by atoms with Crippen LogP contribution in [0.5, 0.6) is 0 Å². The van der Waals surface area contributed by atoms with Gasteiger partial charge in [-0.15, -0.1) is 11.3 Å². The van der Waals surface area contributed by atoms with Crippen molar-refractivity contribution in [2.75, 3.05) is 11.4 Å². The highest BCUT2D eigenvalue weighted by molar-refractivity contribution is 7.15. The number of nitrogens with two attached hydrogens (primary N) is 1. The van der Waals surface area contributed by atoms with E-state index in [1.165, 1.54) is 28.5 Å². The largest absolute Gasteiger partial charge is 0.345 e. The van der Waals surface area contributed by atoms with Crippen LogP contribution in [0.15, 0.2) is 0 Å². The van der Waals surface area contributed by atoms with Crippen LogP contribution in [0.1, 0.15) is 63.4 Å². The van der Waals surface area contributed by atoms with E-state index >= 15 is 0 Å². The van der Waals surface area contributed by atoms with E-state index in [-0.39, 0.29) is 0 Å². The van der Waals surface area contributed by atoms with Gasteiger partial charge >= 0.3 is 0 Å². The second-order valence-electron chi connectivity index (χ2n) is 5.99. The van der Waals surface area contributed by atoms with Crippen molar-refractivity contribution in [2.45, 2.75) is 65.5 Å². The molecule has 1 aliphatic rings. The van der Waals surface area contributed by atoms with Crippen molar-refractivity contribution in [1.29, 1.82) is 0 Å². The Morgan fingerprint density at radius 1 is 1.47 bits per heavy atom. The van der Waals surface area contributed by atoms with Crippen LogP contribution in [0.3, 0.4) is 0 Å². The molecule has 3 nitrogen and oxygen atoms in total. The third-order valence-electron chi connectivity index (χ3n) is 4.36. The van der Waals surface area contributed by atoms with Crippen LogP contribution < -0.4 is 10.6 Å². The summed E-state index contributed by atoms with van der Waals surface area (Å²) in [4.78, 5) is 8.67. The average Bonchev–Trinajstić information content (AvgIpc) is 2.81. The third-order valence-corrected chi connectivity index (χ3v) is 5.50. The van der Waals surface area contributed by atoms with Gasteiger partial charge in [0.05, 0.1) is 5.69 Å². The van der Waals surface area contributed by atoms with Gasteiger partial charge in [-0.1, -0.05) is 20.8 Å². The van der Waals surface area contributed by atoms with Gasteiger partial charge in [0.15, 0.2) is 5.13 Å². The number of thiazole rings is 1. The predicted molar refractivity (Wildman–Crippen MR) is 83.9 cm³/mol. The topological polar surface area (TPSA) is 42.2 Å². The first-order valence-corrected chi connectivity index (χ1v) is 8.34. The van der Waals surface area contributed by atoms with E-state index in [1.54, 1.807) is 11.3 Å². The zero-order valence-corrected chi connectivity index (χ0v) is 13.5. The van der Waals surface area contributed by atoms with Gasteiger partial charge in [0, 0.05) is 24.0 Å². The third kappa shape index (κ3) is 3.11. The molecule has 1 fully saturated rings. The summed E-state index contributed by atoms with van der Waals surface area (Å²) >= 11 is 1.80. The van der Waals surface area contributed by atoms with Gasteiger partial charge in [-0.3, -0.25) is 0 Å². The fourth-order valence-electron chi connectivity index (χ4n) is 2.89. The molecule has 0 bridgehead atoms. The predicted octanol–water partition coefficient (Wildman–Crippen LogP) is 3.74. The number of hydrogen-bond donors (Lipinski definition) is 1. The molecule has 1 saturated heterocycles. The zero-order chi connectivity index (χ0) is 14.0. The molecule has 0 saturated carbocycles. The molecule has 19 heavy (non-hydrogen) atoms. The summed E-state index contributed by atoms with van der Waals surface area (Å²) < 4.78 is 0. The van der Waals surface area contributed by atoms with Crippen molar-refractivity contribution < 1.29 is 0 Å². The molecule has 2 rings (SSSR count). The quantitative estimate of drug-likeness (QED) is 0.914. The average molecular weight is 281 g/mol. The first kappa shape index (κ1) is 14.8. The molecule has 108 valence electrons. The first-order chi connectivity index (χ1) is 9.06. The highest BCUT2D eigenvalue weighted by Crippen LogP contribution is 2.35. The highest BCUT2D eigenvalue weighted by atomic mass is 32.1. The standard InChI is InChI=1S/C15H27N3S/c1-5-11(3)14-13(9-16)19-15(17-14)18-7-6-10(2)8-12(18)4/h10-12H,5-9,16H2,1-4H3. The summed E-state index contributed by atoms with van der Waals surface area (Å²) in [5.74, 6) is 1.36. The van der Waals surface area contributed by atoms with Crippen molar-refractivity contribution in [3.63, 3.8) is 0 Å². The number of piperidine rings is 1. The Hall–Kier alpha value is -0.610. The van der Waals surface area contributed by atoms with Crippen LogP contribution in [-0.2, 0) is 6.54 Å². The molecule has 0 aromatic carbocycles. The van der Waals surface area contributed by atoms with Gasteiger partial charge in [-0.25, -0.2) is 4.98 Å². The number of aromatic nitrogens is 1. The van der Waals surface area contributed by atoms with Crippen LogP contribution in [0, 0.1) is 5.92 Å². The molecule has 3 atom stereocenters. The lowest BCUT2D eigenvalue weighted by Gasteiger charge is -2.36. The summed E-state index contributed by atoms with van der Waals surface area (Å²) in [6.45, 7) is 10.9. The molecular weight excluding hydrogens is 254 g/mol. The van der Waals surface area contributed by atoms with Gasteiger partial charge in [0.2, 0.25) is 0 Å². The van der Waals surface area contributed by atoms with Crippen molar-refractivity contribution in [2.24, 2.45) is 11.7 Å². The lowest BCUT2D eigenvalue weighted by molar-refractivity contribution is 0.377. The number of nitrogens with zero attached hydrogens (tertiary/aromatic N) is 2. The summed E-state index contributed by atoms with van der Waals surface area (Å²) in [7, 11) is 0. The lowest BCUT2D eigenvalue weighted by atomic mass is 9.94. The minimum absolute atomic E-state index is 0.516. The Bertz CT molecular complexity index is 416. The molecule has 2 heterocycles. The monoisotopic (exact) mass is 281 g/mol. The van der Waals surface area contributed by atoms with Crippen LogP contribution in [0.25, 0.3) is 0 Å².